The molecule has 0 unspecified atom stereocenters. The van der Waals surface area contributed by atoms with E-state index in [1.807, 2.05) is 53.2 Å². The molecule has 154 valence electrons. The van der Waals surface area contributed by atoms with Gasteiger partial charge >= 0.3 is 0 Å². The lowest BCUT2D eigenvalue weighted by molar-refractivity contribution is 0.102. The van der Waals surface area contributed by atoms with Crippen molar-refractivity contribution < 1.29 is 4.79 Å². The monoisotopic (exact) mass is 427 g/mol. The van der Waals surface area contributed by atoms with E-state index in [0.29, 0.717) is 24.3 Å². The molecule has 0 aliphatic heterocycles. The highest BCUT2D eigenvalue weighted by atomic mass is 32.2. The number of benzene rings is 2. The van der Waals surface area contributed by atoms with Crippen molar-refractivity contribution in [2.75, 3.05) is 5.75 Å². The predicted molar refractivity (Wildman–Crippen MR) is 125 cm³/mol. The van der Waals surface area contributed by atoms with Gasteiger partial charge in [-0.25, -0.2) is 0 Å². The van der Waals surface area contributed by atoms with Gasteiger partial charge in [0, 0.05) is 52.7 Å². The Bertz CT molecular complexity index is 1390. The number of fused-ring (bicyclic) bond motifs is 2. The first-order chi connectivity index (χ1) is 15.2. The number of aromatic amines is 2. The molecule has 0 bridgehead atoms. The average molecular weight is 428 g/mol. The van der Waals surface area contributed by atoms with Gasteiger partial charge in [0.1, 0.15) is 5.82 Å². The Morgan fingerprint density at radius 2 is 1.71 bits per heavy atom. The molecule has 0 saturated heterocycles. The van der Waals surface area contributed by atoms with Gasteiger partial charge in [-0.1, -0.05) is 54.2 Å². The Labute approximate surface area is 183 Å². The lowest BCUT2D eigenvalue weighted by atomic mass is 10.1. The quantitative estimate of drug-likeness (QED) is 0.208. The fourth-order valence-electron chi connectivity index (χ4n) is 3.83. The fraction of sp³-hybridized carbons (Fsp3) is 0.125. The van der Waals surface area contributed by atoms with Crippen LogP contribution in [0.25, 0.3) is 21.8 Å². The van der Waals surface area contributed by atoms with E-state index in [1.54, 1.807) is 6.20 Å². The van der Waals surface area contributed by atoms with Gasteiger partial charge in [0.15, 0.2) is 10.9 Å². The van der Waals surface area contributed by atoms with Crippen molar-refractivity contribution in [2.24, 2.45) is 0 Å². The number of ketones is 1. The summed E-state index contributed by atoms with van der Waals surface area (Å²) in [6, 6.07) is 16.0. The van der Waals surface area contributed by atoms with Gasteiger partial charge in [-0.15, -0.1) is 16.8 Å². The molecule has 5 aromatic rings. The van der Waals surface area contributed by atoms with Crippen LogP contribution >= 0.6 is 11.8 Å². The van der Waals surface area contributed by atoms with Gasteiger partial charge in [0.25, 0.3) is 0 Å². The third kappa shape index (κ3) is 3.68. The van der Waals surface area contributed by atoms with E-state index in [-0.39, 0.29) is 5.78 Å². The summed E-state index contributed by atoms with van der Waals surface area (Å²) in [6.07, 6.45) is 6.28. The molecule has 0 aliphatic carbocycles. The largest absolute Gasteiger partial charge is 0.361 e. The van der Waals surface area contributed by atoms with Crippen molar-refractivity contribution in [1.82, 2.24) is 24.7 Å². The van der Waals surface area contributed by atoms with Crippen LogP contribution in [-0.4, -0.2) is 36.3 Å². The number of para-hydroxylation sites is 2. The van der Waals surface area contributed by atoms with Crippen LogP contribution in [0.5, 0.6) is 0 Å². The minimum absolute atomic E-state index is 0.0637. The number of H-pyrrole nitrogens is 2. The summed E-state index contributed by atoms with van der Waals surface area (Å²) >= 11 is 1.41. The fourth-order valence-corrected chi connectivity index (χ4v) is 4.68. The maximum absolute atomic E-state index is 12.8. The van der Waals surface area contributed by atoms with Gasteiger partial charge in [0.05, 0.1) is 5.75 Å². The lowest BCUT2D eigenvalue weighted by Crippen LogP contribution is -2.07. The van der Waals surface area contributed by atoms with Crippen molar-refractivity contribution in [2.45, 2.75) is 18.1 Å². The zero-order chi connectivity index (χ0) is 21.2. The summed E-state index contributed by atoms with van der Waals surface area (Å²) in [6.45, 7) is 4.46. The van der Waals surface area contributed by atoms with E-state index < -0.39 is 0 Å². The van der Waals surface area contributed by atoms with Crippen molar-refractivity contribution in [3.8, 4) is 0 Å². The van der Waals surface area contributed by atoms with Gasteiger partial charge in [0.2, 0.25) is 0 Å². The third-order valence-electron chi connectivity index (χ3n) is 5.35. The molecule has 0 saturated carbocycles. The Morgan fingerprint density at radius 1 is 1.00 bits per heavy atom. The van der Waals surface area contributed by atoms with Gasteiger partial charge in [-0.3, -0.25) is 4.79 Å². The van der Waals surface area contributed by atoms with Gasteiger partial charge in [-0.2, -0.15) is 0 Å². The SMILES string of the molecule is C=CCn1c(Cc2c[nH]c3ccccc23)nnc1SCC(=O)c1c[nH]c2ccccc12. The summed E-state index contributed by atoms with van der Waals surface area (Å²) in [4.78, 5) is 19.3. The molecule has 0 amide bonds. The van der Waals surface area contributed by atoms with Crippen molar-refractivity contribution in [3.05, 3.63) is 90.5 Å². The van der Waals surface area contributed by atoms with Crippen LogP contribution in [0.4, 0.5) is 0 Å². The maximum atomic E-state index is 12.8. The molecule has 0 fully saturated rings. The molecule has 7 heteroatoms. The number of carbonyl (C=O) groups excluding carboxylic acids is 1. The first kappa shape index (κ1) is 19.4. The number of allylic oxidation sites excluding steroid dienone is 1. The number of nitrogens with one attached hydrogen (secondary N) is 2. The summed E-state index contributed by atoms with van der Waals surface area (Å²) in [7, 11) is 0. The van der Waals surface area contributed by atoms with Gasteiger partial charge in [-0.05, 0) is 17.7 Å². The number of aromatic nitrogens is 5. The second kappa shape index (κ2) is 8.28. The van der Waals surface area contributed by atoms with E-state index in [2.05, 4.69) is 38.9 Å². The van der Waals surface area contributed by atoms with Crippen LogP contribution in [0.3, 0.4) is 0 Å². The lowest BCUT2D eigenvalue weighted by Gasteiger charge is -2.07. The Hall–Kier alpha value is -3.58. The van der Waals surface area contributed by atoms with E-state index in [1.165, 1.54) is 22.7 Å². The Kier molecular flexibility index (Phi) is 5.18. The molecule has 0 radical (unpaired) electrons. The molecule has 5 rings (SSSR count). The molecule has 0 aliphatic rings. The number of hydrogen-bond acceptors (Lipinski definition) is 4. The smallest absolute Gasteiger partial charge is 0.191 e. The van der Waals surface area contributed by atoms with Crippen LogP contribution in [0.1, 0.15) is 21.7 Å². The van der Waals surface area contributed by atoms with Crippen LogP contribution in [-0.2, 0) is 13.0 Å². The number of rotatable bonds is 8. The van der Waals surface area contributed by atoms with E-state index in [9.17, 15) is 4.79 Å². The zero-order valence-corrected chi connectivity index (χ0v) is 17.7. The number of carbonyl (C=O) groups is 1. The minimum Gasteiger partial charge on any atom is -0.361 e. The number of Topliss-reactive ketones (excluding diaryl/α,β-unsaturated/α-hetero) is 1. The molecule has 3 heterocycles. The topological polar surface area (TPSA) is 79.4 Å². The molecule has 3 aromatic heterocycles. The Morgan fingerprint density at radius 3 is 2.52 bits per heavy atom. The normalized spacial score (nSPS) is 11.4. The number of thioether (sulfide) groups is 1. The second-order valence-electron chi connectivity index (χ2n) is 7.29. The summed E-state index contributed by atoms with van der Waals surface area (Å²) in [5.74, 6) is 1.21. The highest BCUT2D eigenvalue weighted by Gasteiger charge is 2.17. The first-order valence-corrected chi connectivity index (χ1v) is 11.0. The molecular weight excluding hydrogens is 406 g/mol. The minimum atomic E-state index is 0.0637. The summed E-state index contributed by atoms with van der Waals surface area (Å²) in [5.41, 5.74) is 3.94. The van der Waals surface area contributed by atoms with Crippen LogP contribution in [0.15, 0.2) is 78.7 Å². The third-order valence-corrected chi connectivity index (χ3v) is 6.32. The molecule has 31 heavy (non-hydrogen) atoms. The highest BCUT2D eigenvalue weighted by Crippen LogP contribution is 2.25. The maximum Gasteiger partial charge on any atom is 0.191 e. The summed E-state index contributed by atoms with van der Waals surface area (Å²) in [5, 5.41) is 11.6. The molecule has 0 atom stereocenters. The van der Waals surface area contributed by atoms with Crippen LogP contribution < -0.4 is 0 Å². The van der Waals surface area contributed by atoms with Crippen molar-refractivity contribution in [3.63, 3.8) is 0 Å². The second-order valence-corrected chi connectivity index (χ2v) is 8.24. The predicted octanol–water partition coefficient (Wildman–Crippen LogP) is 4.99. The number of hydrogen-bond donors (Lipinski definition) is 2. The molecule has 6 nitrogen and oxygen atoms in total. The van der Waals surface area contributed by atoms with Crippen molar-refractivity contribution in [1.29, 1.82) is 0 Å². The molecule has 2 N–H and O–H groups in total. The van der Waals surface area contributed by atoms with E-state index in [0.717, 1.165) is 27.4 Å². The van der Waals surface area contributed by atoms with Gasteiger partial charge < -0.3 is 14.5 Å². The number of nitrogens with zero attached hydrogens (tertiary/aromatic N) is 3. The summed E-state index contributed by atoms with van der Waals surface area (Å²) < 4.78 is 2.03. The molecule has 2 aromatic carbocycles. The molecular formula is C24H21N5OS. The van der Waals surface area contributed by atoms with Crippen molar-refractivity contribution >= 4 is 39.4 Å². The highest BCUT2D eigenvalue weighted by molar-refractivity contribution is 7.99. The van der Waals surface area contributed by atoms with E-state index in [4.69, 9.17) is 0 Å². The molecule has 0 spiro atoms. The zero-order valence-electron chi connectivity index (χ0n) is 16.8. The van der Waals surface area contributed by atoms with E-state index >= 15 is 0 Å². The first-order valence-electron chi connectivity index (χ1n) is 10.0. The van der Waals surface area contributed by atoms with Crippen LogP contribution in [0.2, 0.25) is 0 Å². The Balaban J connectivity index is 1.36. The van der Waals surface area contributed by atoms with Crippen LogP contribution in [0, 0.1) is 0 Å². The standard InChI is InChI=1S/C24H21N5OS/c1-2-11-29-23(12-16-13-25-20-9-5-3-7-17(16)20)27-28-24(29)31-15-22(30)19-14-26-21-10-6-4-8-18(19)21/h2-10,13-14,25-26H,1,11-12,15H2. The average Bonchev–Trinajstić information content (AvgIpc) is 3.51.